The van der Waals surface area contributed by atoms with Crippen LogP contribution < -0.4 is 5.56 Å². The third-order valence-corrected chi connectivity index (χ3v) is 2.42. The van der Waals surface area contributed by atoms with E-state index >= 15 is 0 Å². The van der Waals surface area contributed by atoms with E-state index in [1.165, 1.54) is 15.4 Å². The highest BCUT2D eigenvalue weighted by atomic mass is 35.5. The number of tetrazole rings is 1. The molecule has 0 amide bonds. The van der Waals surface area contributed by atoms with Crippen LogP contribution in [0.2, 0.25) is 5.15 Å². The van der Waals surface area contributed by atoms with Crippen LogP contribution in [0, 0.1) is 0 Å². The molecular weight excluding hydrogens is 244 g/mol. The molecule has 2 aromatic rings. The summed E-state index contributed by atoms with van der Waals surface area (Å²) in [5, 5.41) is 11.8. The second-order valence-corrected chi connectivity index (χ2v) is 3.86. The highest BCUT2D eigenvalue weighted by molar-refractivity contribution is 6.29. The number of halogens is 1. The minimum Gasteiger partial charge on any atom is -0.289 e. The molecule has 0 N–H and O–H groups in total. The molecular formula is C9H11ClN6O. The Balaban J connectivity index is 2.41. The van der Waals surface area contributed by atoms with Crippen molar-refractivity contribution in [2.75, 3.05) is 0 Å². The molecule has 8 heteroatoms. The van der Waals surface area contributed by atoms with Crippen molar-refractivity contribution in [2.45, 2.75) is 19.9 Å². The van der Waals surface area contributed by atoms with Crippen molar-refractivity contribution in [1.82, 2.24) is 29.8 Å². The van der Waals surface area contributed by atoms with Crippen LogP contribution in [0.15, 0.2) is 10.9 Å². The van der Waals surface area contributed by atoms with Crippen molar-refractivity contribution in [3.63, 3.8) is 0 Å². The standard InChI is InChI=1S/C9H11ClN6O/c1-3-8-11-6(10)4-9(17)16(8)5-7-12-14-15(2)13-7/h4H,3,5H2,1-2H3. The molecule has 0 aliphatic carbocycles. The molecule has 0 aliphatic heterocycles. The summed E-state index contributed by atoms with van der Waals surface area (Å²) < 4.78 is 1.49. The van der Waals surface area contributed by atoms with Crippen molar-refractivity contribution >= 4 is 11.6 Å². The average molecular weight is 255 g/mol. The molecule has 0 fully saturated rings. The maximum atomic E-state index is 11.8. The molecule has 90 valence electrons. The van der Waals surface area contributed by atoms with E-state index in [1.807, 2.05) is 6.92 Å². The number of hydrogen-bond acceptors (Lipinski definition) is 5. The Kier molecular flexibility index (Phi) is 3.19. The largest absolute Gasteiger partial charge is 0.289 e. The lowest BCUT2D eigenvalue weighted by Crippen LogP contribution is -2.25. The van der Waals surface area contributed by atoms with E-state index in [4.69, 9.17) is 11.6 Å². The zero-order valence-electron chi connectivity index (χ0n) is 9.46. The van der Waals surface area contributed by atoms with Crippen LogP contribution in [0.5, 0.6) is 0 Å². The van der Waals surface area contributed by atoms with Crippen molar-refractivity contribution in [3.8, 4) is 0 Å². The maximum absolute atomic E-state index is 11.8. The molecule has 0 saturated carbocycles. The van der Waals surface area contributed by atoms with Crippen molar-refractivity contribution in [3.05, 3.63) is 33.2 Å². The lowest BCUT2D eigenvalue weighted by molar-refractivity contribution is 0.617. The van der Waals surface area contributed by atoms with E-state index in [1.54, 1.807) is 7.05 Å². The molecule has 0 spiro atoms. The molecule has 2 heterocycles. The van der Waals surface area contributed by atoms with Crippen LogP contribution in [-0.2, 0) is 20.0 Å². The van der Waals surface area contributed by atoms with Gasteiger partial charge in [-0.2, -0.15) is 4.80 Å². The Hall–Kier alpha value is -1.76. The predicted molar refractivity (Wildman–Crippen MR) is 60.8 cm³/mol. The highest BCUT2D eigenvalue weighted by Gasteiger charge is 2.09. The lowest BCUT2D eigenvalue weighted by Gasteiger charge is -2.07. The van der Waals surface area contributed by atoms with Crippen LogP contribution in [0.3, 0.4) is 0 Å². The van der Waals surface area contributed by atoms with Gasteiger partial charge in [0, 0.05) is 12.5 Å². The first kappa shape index (κ1) is 11.7. The predicted octanol–water partition coefficient (Wildman–Crippen LogP) is 0.0309. The summed E-state index contributed by atoms with van der Waals surface area (Å²) >= 11 is 5.74. The van der Waals surface area contributed by atoms with Crippen LogP contribution in [0.4, 0.5) is 0 Å². The van der Waals surface area contributed by atoms with E-state index in [-0.39, 0.29) is 17.3 Å². The molecule has 0 bridgehead atoms. The Labute approximate surface area is 102 Å². The first-order valence-electron chi connectivity index (χ1n) is 5.09. The SMILES string of the molecule is CCc1nc(Cl)cc(=O)n1Cc1nnn(C)n1. The quantitative estimate of drug-likeness (QED) is 0.722. The zero-order chi connectivity index (χ0) is 12.4. The minimum absolute atomic E-state index is 0.204. The average Bonchev–Trinajstić information content (AvgIpc) is 2.67. The van der Waals surface area contributed by atoms with Gasteiger partial charge < -0.3 is 0 Å². The highest BCUT2D eigenvalue weighted by Crippen LogP contribution is 2.04. The first-order valence-corrected chi connectivity index (χ1v) is 5.47. The van der Waals surface area contributed by atoms with Crippen LogP contribution >= 0.6 is 11.6 Å². The molecule has 0 radical (unpaired) electrons. The first-order chi connectivity index (χ1) is 8.10. The summed E-state index contributed by atoms with van der Waals surface area (Å²) in [4.78, 5) is 17.2. The van der Waals surface area contributed by atoms with Crippen LogP contribution in [-0.4, -0.2) is 29.8 Å². The summed E-state index contributed by atoms with van der Waals surface area (Å²) in [5.74, 6) is 1.07. The van der Waals surface area contributed by atoms with Gasteiger partial charge in [0.05, 0.1) is 13.6 Å². The van der Waals surface area contributed by atoms with Gasteiger partial charge in [0.1, 0.15) is 11.0 Å². The lowest BCUT2D eigenvalue weighted by atomic mass is 10.4. The topological polar surface area (TPSA) is 78.5 Å². The van der Waals surface area contributed by atoms with Gasteiger partial charge in [0.25, 0.3) is 5.56 Å². The molecule has 2 aromatic heterocycles. The minimum atomic E-state index is -0.214. The number of nitrogens with zero attached hydrogens (tertiary/aromatic N) is 6. The molecule has 2 rings (SSSR count). The summed E-state index contributed by atoms with van der Waals surface area (Å²) in [6, 6.07) is 1.27. The van der Waals surface area contributed by atoms with Gasteiger partial charge in [0.2, 0.25) is 0 Å². The van der Waals surface area contributed by atoms with E-state index in [0.29, 0.717) is 18.1 Å². The van der Waals surface area contributed by atoms with E-state index in [2.05, 4.69) is 20.4 Å². The van der Waals surface area contributed by atoms with Gasteiger partial charge in [-0.25, -0.2) is 4.98 Å². The number of aromatic nitrogens is 6. The molecule has 0 atom stereocenters. The molecule has 7 nitrogen and oxygen atoms in total. The van der Waals surface area contributed by atoms with Gasteiger partial charge in [-0.1, -0.05) is 18.5 Å². The summed E-state index contributed by atoms with van der Waals surface area (Å²) in [6.07, 6.45) is 0.607. The molecule has 0 aliphatic rings. The van der Waals surface area contributed by atoms with Gasteiger partial charge >= 0.3 is 0 Å². The third kappa shape index (κ3) is 2.50. The summed E-state index contributed by atoms with van der Waals surface area (Å²) in [7, 11) is 1.67. The summed E-state index contributed by atoms with van der Waals surface area (Å²) in [5.41, 5.74) is -0.214. The Morgan fingerprint density at radius 2 is 2.24 bits per heavy atom. The number of hydrogen-bond donors (Lipinski definition) is 0. The number of aryl methyl sites for hydroxylation is 2. The van der Waals surface area contributed by atoms with E-state index in [0.717, 1.165) is 0 Å². The van der Waals surface area contributed by atoms with Gasteiger partial charge in [-0.3, -0.25) is 9.36 Å². The molecule has 0 aromatic carbocycles. The molecule has 17 heavy (non-hydrogen) atoms. The third-order valence-electron chi connectivity index (χ3n) is 2.22. The second-order valence-electron chi connectivity index (χ2n) is 3.47. The van der Waals surface area contributed by atoms with Gasteiger partial charge in [-0.05, 0) is 5.21 Å². The Bertz CT molecular complexity index is 589. The van der Waals surface area contributed by atoms with Crippen molar-refractivity contribution in [1.29, 1.82) is 0 Å². The van der Waals surface area contributed by atoms with Crippen LogP contribution in [0.25, 0.3) is 0 Å². The van der Waals surface area contributed by atoms with Crippen molar-refractivity contribution < 1.29 is 0 Å². The fourth-order valence-corrected chi connectivity index (χ4v) is 1.68. The maximum Gasteiger partial charge on any atom is 0.255 e. The summed E-state index contributed by atoms with van der Waals surface area (Å²) in [6.45, 7) is 2.15. The second kappa shape index (κ2) is 4.62. The number of rotatable bonds is 3. The monoisotopic (exact) mass is 254 g/mol. The van der Waals surface area contributed by atoms with Crippen LogP contribution in [0.1, 0.15) is 18.6 Å². The van der Waals surface area contributed by atoms with E-state index in [9.17, 15) is 4.79 Å². The zero-order valence-corrected chi connectivity index (χ0v) is 10.2. The fraction of sp³-hybridized carbons (Fsp3) is 0.444. The Morgan fingerprint density at radius 1 is 1.47 bits per heavy atom. The molecule has 0 unspecified atom stereocenters. The fourth-order valence-electron chi connectivity index (χ4n) is 1.49. The normalized spacial score (nSPS) is 10.8. The van der Waals surface area contributed by atoms with Crippen molar-refractivity contribution in [2.24, 2.45) is 7.05 Å². The smallest absolute Gasteiger partial charge is 0.255 e. The van der Waals surface area contributed by atoms with Gasteiger partial charge in [0.15, 0.2) is 5.82 Å². The van der Waals surface area contributed by atoms with Gasteiger partial charge in [-0.15, -0.1) is 10.2 Å². The Morgan fingerprint density at radius 3 is 2.82 bits per heavy atom. The van der Waals surface area contributed by atoms with E-state index < -0.39 is 0 Å². The molecule has 0 saturated heterocycles.